The third kappa shape index (κ3) is 3.49. The maximum Gasteiger partial charge on any atom is 0.300 e. The lowest BCUT2D eigenvalue weighted by Gasteiger charge is -2.25. The molecule has 3 aromatic rings. The van der Waals surface area contributed by atoms with Crippen LogP contribution in [0, 0.1) is 6.92 Å². The van der Waals surface area contributed by atoms with Crippen LogP contribution in [0.15, 0.2) is 88.9 Å². The minimum atomic E-state index is -0.717. The van der Waals surface area contributed by atoms with E-state index in [1.165, 1.54) is 4.90 Å². The van der Waals surface area contributed by atoms with Crippen molar-refractivity contribution >= 4 is 39.1 Å². The van der Waals surface area contributed by atoms with E-state index in [0.717, 1.165) is 15.6 Å². The zero-order chi connectivity index (χ0) is 20.5. The Labute approximate surface area is 177 Å². The minimum absolute atomic E-state index is 0.0880. The van der Waals surface area contributed by atoms with Crippen molar-refractivity contribution in [3.05, 3.63) is 106 Å². The van der Waals surface area contributed by atoms with E-state index in [2.05, 4.69) is 15.9 Å². The first-order chi connectivity index (χ1) is 14.0. The molecule has 1 fully saturated rings. The highest BCUT2D eigenvalue weighted by molar-refractivity contribution is 9.10. The smallest absolute Gasteiger partial charge is 0.300 e. The molecule has 4 rings (SSSR count). The Morgan fingerprint density at radius 1 is 0.931 bits per heavy atom. The number of aryl methyl sites for hydroxylation is 1. The van der Waals surface area contributed by atoms with Gasteiger partial charge in [0, 0.05) is 15.7 Å². The van der Waals surface area contributed by atoms with Gasteiger partial charge in [0.2, 0.25) is 0 Å². The van der Waals surface area contributed by atoms with Crippen molar-refractivity contribution in [1.29, 1.82) is 0 Å². The van der Waals surface area contributed by atoms with Gasteiger partial charge in [-0.25, -0.2) is 0 Å². The van der Waals surface area contributed by atoms with Crippen molar-refractivity contribution in [2.45, 2.75) is 13.0 Å². The number of hydrogen-bond acceptors (Lipinski definition) is 3. The molecule has 1 atom stereocenters. The van der Waals surface area contributed by atoms with Crippen molar-refractivity contribution in [2.75, 3.05) is 4.90 Å². The molecular weight excluding hydrogens is 430 g/mol. The van der Waals surface area contributed by atoms with Gasteiger partial charge in [0.25, 0.3) is 11.7 Å². The summed E-state index contributed by atoms with van der Waals surface area (Å²) in [6.07, 6.45) is 0. The highest BCUT2D eigenvalue weighted by atomic mass is 79.9. The SMILES string of the molecule is Cc1ccc([C@@H]2C(=C(O)c3ccccc3)C(=O)C(=O)N2c2cccc(Br)c2)cc1. The second-order valence-electron chi connectivity index (χ2n) is 6.93. The van der Waals surface area contributed by atoms with Crippen LogP contribution >= 0.6 is 15.9 Å². The summed E-state index contributed by atoms with van der Waals surface area (Å²) in [5.74, 6) is -1.53. The van der Waals surface area contributed by atoms with Gasteiger partial charge in [0.05, 0.1) is 11.6 Å². The third-order valence-electron chi connectivity index (χ3n) is 4.97. The van der Waals surface area contributed by atoms with E-state index in [9.17, 15) is 14.7 Å². The van der Waals surface area contributed by atoms with Gasteiger partial charge in [-0.15, -0.1) is 0 Å². The number of halogens is 1. The molecule has 0 saturated carbocycles. The van der Waals surface area contributed by atoms with E-state index in [-0.39, 0.29) is 11.3 Å². The normalized spacial score (nSPS) is 18.3. The van der Waals surface area contributed by atoms with Crippen LogP contribution in [-0.4, -0.2) is 16.8 Å². The Balaban J connectivity index is 1.96. The molecule has 0 spiro atoms. The first kappa shape index (κ1) is 19.2. The van der Waals surface area contributed by atoms with Crippen molar-refractivity contribution in [3.8, 4) is 0 Å². The van der Waals surface area contributed by atoms with E-state index in [0.29, 0.717) is 11.3 Å². The van der Waals surface area contributed by atoms with Crippen LogP contribution in [0.3, 0.4) is 0 Å². The number of aliphatic hydroxyl groups is 1. The van der Waals surface area contributed by atoms with Crippen LogP contribution in [0.1, 0.15) is 22.7 Å². The summed E-state index contributed by atoms with van der Waals surface area (Å²) < 4.78 is 0.794. The van der Waals surface area contributed by atoms with Gasteiger partial charge in [-0.3, -0.25) is 14.5 Å². The van der Waals surface area contributed by atoms with Crippen molar-refractivity contribution in [2.24, 2.45) is 0 Å². The summed E-state index contributed by atoms with van der Waals surface area (Å²) in [6, 6.07) is 22.9. The van der Waals surface area contributed by atoms with Gasteiger partial charge in [-0.05, 0) is 30.7 Å². The summed E-state index contributed by atoms with van der Waals surface area (Å²) in [5.41, 5.74) is 2.99. The fraction of sp³-hybridized carbons (Fsp3) is 0.0833. The number of carbonyl (C=O) groups is 2. The number of amides is 1. The van der Waals surface area contributed by atoms with Crippen LogP contribution in [0.2, 0.25) is 0 Å². The number of anilines is 1. The molecule has 1 saturated heterocycles. The van der Waals surface area contributed by atoms with Crippen molar-refractivity contribution < 1.29 is 14.7 Å². The summed E-state index contributed by atoms with van der Waals surface area (Å²) >= 11 is 3.43. The zero-order valence-electron chi connectivity index (χ0n) is 15.7. The second-order valence-corrected chi connectivity index (χ2v) is 7.84. The standard InChI is InChI=1S/C24H18BrNO3/c1-15-10-12-16(13-11-15)21-20(22(27)17-6-3-2-4-7-17)23(28)24(29)26(21)19-9-5-8-18(25)14-19/h2-14,21,27H,1H3/t21-/m1/s1. The van der Waals surface area contributed by atoms with Gasteiger partial charge >= 0.3 is 0 Å². The number of Topliss-reactive ketones (excluding diaryl/α,β-unsaturated/α-hetero) is 1. The second kappa shape index (κ2) is 7.68. The first-order valence-corrected chi connectivity index (χ1v) is 9.95. The molecular formula is C24H18BrNO3. The number of hydrogen-bond donors (Lipinski definition) is 1. The summed E-state index contributed by atoms with van der Waals surface area (Å²) in [6.45, 7) is 1.97. The number of aliphatic hydroxyl groups excluding tert-OH is 1. The van der Waals surface area contributed by atoms with Crippen LogP contribution in [0.5, 0.6) is 0 Å². The molecule has 4 nitrogen and oxygen atoms in total. The van der Waals surface area contributed by atoms with Gasteiger partial charge in [0.15, 0.2) is 0 Å². The van der Waals surface area contributed by atoms with Crippen molar-refractivity contribution in [1.82, 2.24) is 0 Å². The third-order valence-corrected chi connectivity index (χ3v) is 5.46. The van der Waals surface area contributed by atoms with E-state index >= 15 is 0 Å². The van der Waals surface area contributed by atoms with Gasteiger partial charge in [-0.2, -0.15) is 0 Å². The Kier molecular flexibility index (Phi) is 5.07. The van der Waals surface area contributed by atoms with Crippen LogP contribution in [0.25, 0.3) is 5.76 Å². The Bertz CT molecular complexity index is 1120. The van der Waals surface area contributed by atoms with Gasteiger partial charge in [-0.1, -0.05) is 82.2 Å². The van der Waals surface area contributed by atoms with E-state index in [1.54, 1.807) is 36.4 Å². The number of ketones is 1. The zero-order valence-corrected chi connectivity index (χ0v) is 17.3. The molecule has 1 N–H and O–H groups in total. The van der Waals surface area contributed by atoms with E-state index in [1.807, 2.05) is 49.4 Å². The molecule has 0 aromatic heterocycles. The number of rotatable bonds is 3. The average Bonchev–Trinajstić information content (AvgIpc) is 2.99. The molecule has 3 aromatic carbocycles. The van der Waals surface area contributed by atoms with E-state index < -0.39 is 17.7 Å². The number of carbonyl (C=O) groups excluding carboxylic acids is 2. The van der Waals surface area contributed by atoms with Gasteiger partial charge in [0.1, 0.15) is 5.76 Å². The van der Waals surface area contributed by atoms with Crippen molar-refractivity contribution in [3.63, 3.8) is 0 Å². The van der Waals surface area contributed by atoms with Crippen LogP contribution in [-0.2, 0) is 9.59 Å². The minimum Gasteiger partial charge on any atom is -0.507 e. The Morgan fingerprint density at radius 3 is 2.28 bits per heavy atom. The fourth-order valence-electron chi connectivity index (χ4n) is 3.54. The topological polar surface area (TPSA) is 57.6 Å². The van der Waals surface area contributed by atoms with Crippen LogP contribution in [0.4, 0.5) is 5.69 Å². The summed E-state index contributed by atoms with van der Waals surface area (Å²) in [4.78, 5) is 27.5. The fourth-order valence-corrected chi connectivity index (χ4v) is 3.93. The highest BCUT2D eigenvalue weighted by Crippen LogP contribution is 2.42. The lowest BCUT2D eigenvalue weighted by Crippen LogP contribution is -2.29. The monoisotopic (exact) mass is 447 g/mol. The lowest BCUT2D eigenvalue weighted by molar-refractivity contribution is -0.132. The Morgan fingerprint density at radius 2 is 1.62 bits per heavy atom. The predicted molar refractivity (Wildman–Crippen MR) is 117 cm³/mol. The lowest BCUT2D eigenvalue weighted by atomic mass is 9.94. The molecule has 144 valence electrons. The molecule has 1 aliphatic heterocycles. The maximum absolute atomic E-state index is 13.0. The maximum atomic E-state index is 13.0. The quantitative estimate of drug-likeness (QED) is 0.332. The highest BCUT2D eigenvalue weighted by Gasteiger charge is 2.46. The molecule has 1 heterocycles. The Hall–Kier alpha value is -3.18. The molecule has 1 amide bonds. The summed E-state index contributed by atoms with van der Waals surface area (Å²) in [5, 5.41) is 11.0. The molecule has 1 aliphatic rings. The summed E-state index contributed by atoms with van der Waals surface area (Å²) in [7, 11) is 0. The molecule has 0 bridgehead atoms. The molecule has 0 unspecified atom stereocenters. The predicted octanol–water partition coefficient (Wildman–Crippen LogP) is 5.38. The molecule has 0 radical (unpaired) electrons. The first-order valence-electron chi connectivity index (χ1n) is 9.16. The number of benzene rings is 3. The van der Waals surface area contributed by atoms with Crippen LogP contribution < -0.4 is 4.90 Å². The average molecular weight is 448 g/mol. The largest absolute Gasteiger partial charge is 0.507 e. The molecule has 29 heavy (non-hydrogen) atoms. The van der Waals surface area contributed by atoms with Gasteiger partial charge < -0.3 is 5.11 Å². The van der Waals surface area contributed by atoms with E-state index in [4.69, 9.17) is 0 Å². The molecule has 5 heteroatoms. The molecule has 0 aliphatic carbocycles. The number of nitrogens with zero attached hydrogens (tertiary/aromatic N) is 1.